The third kappa shape index (κ3) is 4.36. The summed E-state index contributed by atoms with van der Waals surface area (Å²) >= 11 is 0. The van der Waals surface area contributed by atoms with Crippen molar-refractivity contribution in [3.8, 4) is 0 Å². The predicted molar refractivity (Wildman–Crippen MR) is 13.7 cm³/mol. The summed E-state index contributed by atoms with van der Waals surface area (Å²) < 4.78 is 31.7. The molecule has 8 heavy (non-hydrogen) atoms. The summed E-state index contributed by atoms with van der Waals surface area (Å²) in [5.74, 6) is -2.76. The van der Waals surface area contributed by atoms with Gasteiger partial charge < -0.3 is 5.11 Å². The van der Waals surface area contributed by atoms with Crippen LogP contribution < -0.4 is 0 Å². The zero-order valence-electron chi connectivity index (χ0n) is 3.70. The molecule has 0 fully saturated rings. The van der Waals surface area contributed by atoms with E-state index in [4.69, 9.17) is 9.90 Å². The number of hydrogen-bond donors (Lipinski definition) is 1. The third-order valence-electron chi connectivity index (χ3n) is 0.243. The summed E-state index contributed by atoms with van der Waals surface area (Å²) in [6.07, 6.45) is -5.08. The summed E-state index contributed by atoms with van der Waals surface area (Å²) in [5.41, 5.74) is 0. The summed E-state index contributed by atoms with van der Waals surface area (Å²) in [7, 11) is 0. The van der Waals surface area contributed by atoms with Crippen molar-refractivity contribution in [2.45, 2.75) is 6.18 Å². The van der Waals surface area contributed by atoms with E-state index in [0.29, 0.717) is 0 Å². The SMILES string of the molecule is O=C(O)C(F)(F)F.[Hg]. The zero-order chi connectivity index (χ0) is 6.08. The smallest absolute Gasteiger partial charge is 0.475 e. The number of halogens is 3. The minimum Gasteiger partial charge on any atom is -0.475 e. The molecule has 0 radical (unpaired) electrons. The first-order valence-electron chi connectivity index (χ1n) is 1.24. The van der Waals surface area contributed by atoms with E-state index in [1.807, 2.05) is 0 Å². The van der Waals surface area contributed by atoms with Gasteiger partial charge in [-0.15, -0.1) is 0 Å². The Morgan fingerprint density at radius 2 is 1.50 bits per heavy atom. The fourth-order valence-electron chi connectivity index (χ4n) is 0. The first kappa shape index (κ1) is 11.1. The number of carboxylic acid groups (broad SMARTS) is 1. The molecule has 2 nitrogen and oxygen atoms in total. The van der Waals surface area contributed by atoms with Gasteiger partial charge >= 0.3 is 12.1 Å². The molecule has 0 heterocycles. The van der Waals surface area contributed by atoms with Crippen LogP contribution in [0.5, 0.6) is 0 Å². The van der Waals surface area contributed by atoms with Gasteiger partial charge in [-0.1, -0.05) is 0 Å². The van der Waals surface area contributed by atoms with Crippen LogP contribution in [0.15, 0.2) is 0 Å². The maximum atomic E-state index is 10.6. The van der Waals surface area contributed by atoms with Crippen molar-refractivity contribution in [3.05, 3.63) is 0 Å². The van der Waals surface area contributed by atoms with Gasteiger partial charge in [0.05, 0.1) is 0 Å². The van der Waals surface area contributed by atoms with Gasteiger partial charge in [0.25, 0.3) is 0 Å². The first-order chi connectivity index (χ1) is 2.94. The van der Waals surface area contributed by atoms with E-state index in [1.54, 1.807) is 0 Å². The van der Waals surface area contributed by atoms with Crippen LogP contribution in [0.3, 0.4) is 0 Å². The molecule has 0 rings (SSSR count). The van der Waals surface area contributed by atoms with Crippen LogP contribution in [-0.4, -0.2) is 17.3 Å². The summed E-state index contributed by atoms with van der Waals surface area (Å²) in [4.78, 5) is 8.90. The number of carbonyl (C=O) groups is 1. The average Bonchev–Trinajstić information content (AvgIpc) is 1.31. The average molecular weight is 315 g/mol. The molecule has 0 spiro atoms. The molecule has 0 aliphatic heterocycles. The molecule has 0 saturated heterocycles. The van der Waals surface area contributed by atoms with Gasteiger partial charge in [0, 0.05) is 27.7 Å². The van der Waals surface area contributed by atoms with Gasteiger partial charge in [0.1, 0.15) is 0 Å². The normalized spacial score (nSPS) is 9.88. The van der Waals surface area contributed by atoms with Gasteiger partial charge in [-0.2, -0.15) is 13.2 Å². The van der Waals surface area contributed by atoms with E-state index >= 15 is 0 Å². The Bertz CT molecular complexity index is 87.8. The Hall–Kier alpha value is 0.195. The number of hydrogen-bond acceptors (Lipinski definition) is 1. The van der Waals surface area contributed by atoms with Crippen LogP contribution in [-0.2, 0) is 32.5 Å². The molecule has 0 atom stereocenters. The first-order valence-corrected chi connectivity index (χ1v) is 1.24. The van der Waals surface area contributed by atoms with Crippen molar-refractivity contribution in [2.24, 2.45) is 0 Å². The number of alkyl halides is 3. The molecule has 0 bridgehead atoms. The summed E-state index contributed by atoms with van der Waals surface area (Å²) in [6, 6.07) is 0. The fourth-order valence-corrected chi connectivity index (χ4v) is 0. The van der Waals surface area contributed by atoms with Gasteiger partial charge in [0.2, 0.25) is 0 Å². The quantitative estimate of drug-likeness (QED) is 0.666. The topological polar surface area (TPSA) is 37.3 Å². The maximum Gasteiger partial charge on any atom is 0.490 e. The minimum atomic E-state index is -5.08. The van der Waals surface area contributed by atoms with Crippen molar-refractivity contribution < 1.29 is 50.7 Å². The molecular weight excluding hydrogens is 314 g/mol. The van der Waals surface area contributed by atoms with Crippen LogP contribution >= 0.6 is 0 Å². The van der Waals surface area contributed by atoms with E-state index in [2.05, 4.69) is 0 Å². The Morgan fingerprint density at radius 3 is 1.50 bits per heavy atom. The molecule has 0 saturated carbocycles. The van der Waals surface area contributed by atoms with Crippen LogP contribution in [0.1, 0.15) is 0 Å². The molecule has 0 aliphatic rings. The van der Waals surface area contributed by atoms with E-state index in [0.717, 1.165) is 0 Å². The Labute approximate surface area is 63.2 Å². The molecule has 0 aliphatic carbocycles. The molecule has 0 unspecified atom stereocenters. The van der Waals surface area contributed by atoms with Gasteiger partial charge in [-0.05, 0) is 0 Å². The second kappa shape index (κ2) is 3.27. The van der Waals surface area contributed by atoms with E-state index in [-0.39, 0.29) is 27.7 Å². The largest absolute Gasteiger partial charge is 0.490 e. The zero-order valence-corrected chi connectivity index (χ0v) is 9.19. The van der Waals surface area contributed by atoms with Crippen LogP contribution in [0.25, 0.3) is 0 Å². The maximum absolute atomic E-state index is 10.6. The number of aliphatic carboxylic acids is 1. The second-order valence-corrected chi connectivity index (χ2v) is 0.803. The Balaban J connectivity index is 0. The van der Waals surface area contributed by atoms with Gasteiger partial charge in [0.15, 0.2) is 0 Å². The van der Waals surface area contributed by atoms with Crippen LogP contribution in [0.2, 0.25) is 0 Å². The van der Waals surface area contributed by atoms with Gasteiger partial charge in [-0.25, -0.2) is 4.79 Å². The summed E-state index contributed by atoms with van der Waals surface area (Å²) in [5, 5.41) is 7.12. The van der Waals surface area contributed by atoms with Crippen molar-refractivity contribution in [2.75, 3.05) is 0 Å². The summed E-state index contributed by atoms with van der Waals surface area (Å²) in [6.45, 7) is 0. The molecular formula is C2HF3HgO2. The predicted octanol–water partition coefficient (Wildman–Crippen LogP) is 0.631. The fraction of sp³-hybridized carbons (Fsp3) is 0.500. The third-order valence-corrected chi connectivity index (χ3v) is 0.243. The van der Waals surface area contributed by atoms with Crippen LogP contribution in [0, 0.1) is 0 Å². The van der Waals surface area contributed by atoms with Gasteiger partial charge in [-0.3, -0.25) is 0 Å². The van der Waals surface area contributed by atoms with Crippen molar-refractivity contribution in [1.82, 2.24) is 0 Å². The monoisotopic (exact) mass is 316 g/mol. The molecule has 1 N–H and O–H groups in total. The molecule has 0 aromatic rings. The van der Waals surface area contributed by atoms with E-state index < -0.39 is 12.1 Å². The standard InChI is InChI=1S/C2HF3O2.Hg/c3-2(4,5)1(6)7;/h(H,6,7);. The number of carboxylic acids is 1. The van der Waals surface area contributed by atoms with Crippen LogP contribution in [0.4, 0.5) is 13.2 Å². The molecule has 6 heteroatoms. The van der Waals surface area contributed by atoms with Crippen molar-refractivity contribution in [1.29, 1.82) is 0 Å². The molecule has 0 amide bonds. The Kier molecular flexibility index (Phi) is 4.51. The second-order valence-electron chi connectivity index (χ2n) is 0.803. The van der Waals surface area contributed by atoms with Crippen molar-refractivity contribution in [3.63, 3.8) is 0 Å². The molecule has 0 aromatic heterocycles. The van der Waals surface area contributed by atoms with E-state index in [1.165, 1.54) is 0 Å². The molecule has 44 valence electrons. The molecule has 0 aromatic carbocycles. The Morgan fingerprint density at radius 1 is 1.38 bits per heavy atom. The minimum absolute atomic E-state index is 0. The number of rotatable bonds is 0. The van der Waals surface area contributed by atoms with E-state index in [9.17, 15) is 13.2 Å². The van der Waals surface area contributed by atoms with Crippen molar-refractivity contribution >= 4 is 5.97 Å².